The normalized spacial score (nSPS) is 14.9. The van der Waals surface area contributed by atoms with Gasteiger partial charge in [0.25, 0.3) is 0 Å². The molecule has 1 N–H and O–H groups in total. The zero-order valence-corrected chi connectivity index (χ0v) is 21.5. The van der Waals surface area contributed by atoms with Gasteiger partial charge in [-0.2, -0.15) is 4.91 Å². The van der Waals surface area contributed by atoms with Gasteiger partial charge in [0.1, 0.15) is 0 Å². The number of nitrogens with one attached hydrogen (secondary N) is 1. The highest BCUT2D eigenvalue weighted by Crippen LogP contribution is 2.21. The van der Waals surface area contributed by atoms with Crippen molar-refractivity contribution in [2.75, 3.05) is 26.2 Å². The first kappa shape index (κ1) is 27.6. The van der Waals surface area contributed by atoms with Crippen molar-refractivity contribution in [3.63, 3.8) is 0 Å². The fourth-order valence-corrected chi connectivity index (χ4v) is 4.20. The van der Waals surface area contributed by atoms with Gasteiger partial charge in [0, 0.05) is 31.0 Å². The molecule has 5 nitrogen and oxygen atoms in total. The number of fused-ring (bicyclic) bond motifs is 1. The van der Waals surface area contributed by atoms with E-state index in [1.807, 2.05) is 26.2 Å². The Bertz CT molecular complexity index is 957. The lowest BCUT2D eigenvalue weighted by atomic mass is 9.89. The van der Waals surface area contributed by atoms with Crippen LogP contribution in [0.15, 0.2) is 72.2 Å². The molecule has 1 saturated heterocycles. The molecule has 2 heterocycles. The number of nitroso groups, excluding NO2 is 1. The van der Waals surface area contributed by atoms with Gasteiger partial charge < -0.3 is 5.32 Å². The molecule has 4 rings (SSSR count). The molecule has 0 aliphatic carbocycles. The van der Waals surface area contributed by atoms with Crippen molar-refractivity contribution in [2.45, 2.75) is 65.5 Å². The Labute approximate surface area is 206 Å². The Morgan fingerprint density at radius 3 is 2.29 bits per heavy atom. The van der Waals surface area contributed by atoms with Crippen LogP contribution in [-0.4, -0.2) is 41.6 Å². The number of pyridine rings is 1. The molecule has 1 aliphatic rings. The number of hydrogen-bond acceptors (Lipinski definition) is 5. The van der Waals surface area contributed by atoms with Crippen molar-refractivity contribution in [2.24, 2.45) is 5.18 Å². The highest BCUT2D eigenvalue weighted by atomic mass is 16.3. The highest BCUT2D eigenvalue weighted by molar-refractivity contribution is 5.83. The van der Waals surface area contributed by atoms with Gasteiger partial charge in [-0.25, -0.2) is 0 Å². The molecule has 0 amide bonds. The Kier molecular flexibility index (Phi) is 12.4. The fourth-order valence-electron chi connectivity index (χ4n) is 4.20. The molecule has 0 saturated carbocycles. The summed E-state index contributed by atoms with van der Waals surface area (Å²) >= 11 is 0. The lowest BCUT2D eigenvalue weighted by Gasteiger charge is -2.30. The minimum absolute atomic E-state index is 0.00709. The van der Waals surface area contributed by atoms with Crippen molar-refractivity contribution < 1.29 is 0 Å². The summed E-state index contributed by atoms with van der Waals surface area (Å²) in [6.07, 6.45) is 8.43. The number of aromatic nitrogens is 1. The zero-order chi connectivity index (χ0) is 24.7. The van der Waals surface area contributed by atoms with E-state index in [0.29, 0.717) is 13.1 Å². The van der Waals surface area contributed by atoms with E-state index in [2.05, 4.69) is 88.8 Å². The van der Waals surface area contributed by atoms with Crippen LogP contribution in [-0.2, 0) is 13.0 Å². The second-order valence-corrected chi connectivity index (χ2v) is 8.89. The fraction of sp³-hybridized carbons (Fsp3) is 0.483. The summed E-state index contributed by atoms with van der Waals surface area (Å²) in [4.78, 5) is 16.7. The van der Waals surface area contributed by atoms with E-state index in [1.165, 1.54) is 47.8 Å². The summed E-state index contributed by atoms with van der Waals surface area (Å²) < 4.78 is 0. The van der Waals surface area contributed by atoms with Crippen LogP contribution in [0.25, 0.3) is 10.8 Å². The summed E-state index contributed by atoms with van der Waals surface area (Å²) in [6.45, 7) is 13.0. The second-order valence-electron chi connectivity index (χ2n) is 8.89. The number of nitrogens with zero attached hydrogens (tertiary/aromatic N) is 3. The van der Waals surface area contributed by atoms with E-state index >= 15 is 0 Å². The molecule has 34 heavy (non-hydrogen) atoms. The summed E-state index contributed by atoms with van der Waals surface area (Å²) in [5, 5.41) is 8.90. The summed E-state index contributed by atoms with van der Waals surface area (Å²) in [5.74, 6) is 0. The molecule has 1 aliphatic heterocycles. The third kappa shape index (κ3) is 9.32. The van der Waals surface area contributed by atoms with E-state index < -0.39 is 0 Å². The summed E-state index contributed by atoms with van der Waals surface area (Å²) in [7, 11) is 0. The maximum atomic E-state index is 10.2. The van der Waals surface area contributed by atoms with Crippen molar-refractivity contribution in [1.29, 1.82) is 0 Å². The predicted molar refractivity (Wildman–Crippen MR) is 145 cm³/mol. The largest absolute Gasteiger partial charge is 0.309 e. The van der Waals surface area contributed by atoms with Gasteiger partial charge in [-0.3, -0.25) is 9.88 Å². The predicted octanol–water partition coefficient (Wildman–Crippen LogP) is 6.61. The molecule has 1 aromatic heterocycles. The van der Waals surface area contributed by atoms with Crippen LogP contribution >= 0.6 is 0 Å². The average Bonchev–Trinajstić information content (AvgIpc) is 3.39. The maximum Gasteiger partial charge on any atom is 0.0935 e. The van der Waals surface area contributed by atoms with Gasteiger partial charge in [-0.15, -0.1) is 0 Å². The van der Waals surface area contributed by atoms with E-state index in [1.54, 1.807) is 0 Å². The number of likely N-dealkylation sites (tertiary alicyclic amines) is 1. The third-order valence-corrected chi connectivity index (χ3v) is 6.30. The lowest BCUT2D eigenvalue weighted by molar-refractivity contribution is 0.331. The molecule has 3 aromatic rings. The third-order valence-electron chi connectivity index (χ3n) is 6.30. The molecule has 2 aromatic carbocycles. The van der Waals surface area contributed by atoms with Crippen LogP contribution in [0, 0.1) is 4.91 Å². The van der Waals surface area contributed by atoms with Gasteiger partial charge in [0.05, 0.1) is 6.54 Å². The number of benzene rings is 2. The van der Waals surface area contributed by atoms with Gasteiger partial charge in [0.15, 0.2) is 0 Å². The van der Waals surface area contributed by atoms with Crippen LogP contribution in [0.3, 0.4) is 0 Å². The molecular weight excluding hydrogens is 420 g/mol. The first-order valence-electron chi connectivity index (χ1n) is 12.7. The number of rotatable bonds is 9. The van der Waals surface area contributed by atoms with Gasteiger partial charge in [-0.05, 0) is 79.7 Å². The van der Waals surface area contributed by atoms with E-state index in [-0.39, 0.29) is 5.54 Å². The number of hydrogen-bond donors (Lipinski definition) is 1. The van der Waals surface area contributed by atoms with Gasteiger partial charge >= 0.3 is 0 Å². The standard InChI is InChI=1S/C17H22N2O.C10H14N2.C2H6/c1-3-17(2,18-10-11-19-20)13-14-8-9-15-6-4-5-7-16(15)12-14;1-2-8-12(7-1)9-10-3-5-11-6-4-10;1-2/h4-9,12,18H,3,10-11,13H2,1-2H3;3-6H,1-2,7-9H2;1-2H3. The highest BCUT2D eigenvalue weighted by Gasteiger charge is 2.21. The molecule has 1 unspecified atom stereocenters. The molecule has 0 radical (unpaired) electrons. The maximum absolute atomic E-state index is 10.2. The summed E-state index contributed by atoms with van der Waals surface area (Å²) in [5.41, 5.74) is 2.71. The molecule has 1 fully saturated rings. The monoisotopic (exact) mass is 462 g/mol. The van der Waals surface area contributed by atoms with Crippen molar-refractivity contribution in [3.8, 4) is 0 Å². The smallest absolute Gasteiger partial charge is 0.0935 e. The molecule has 1 atom stereocenters. The van der Waals surface area contributed by atoms with E-state index in [0.717, 1.165) is 19.4 Å². The topological polar surface area (TPSA) is 57.6 Å². The van der Waals surface area contributed by atoms with Crippen LogP contribution in [0.5, 0.6) is 0 Å². The molecule has 184 valence electrons. The second kappa shape index (κ2) is 15.3. The molecule has 0 spiro atoms. The Balaban J connectivity index is 0.000000248. The first-order valence-corrected chi connectivity index (χ1v) is 12.7. The quantitative estimate of drug-likeness (QED) is 0.287. The molecule has 0 bridgehead atoms. The van der Waals surface area contributed by atoms with Gasteiger partial charge in [-0.1, -0.05) is 68.4 Å². The van der Waals surface area contributed by atoms with Gasteiger partial charge in [0.2, 0.25) is 0 Å². The Morgan fingerprint density at radius 1 is 0.971 bits per heavy atom. The Hall–Kier alpha value is -2.63. The minimum atomic E-state index is 0.00709. The average molecular weight is 463 g/mol. The van der Waals surface area contributed by atoms with Crippen LogP contribution in [0.2, 0.25) is 0 Å². The SMILES string of the molecule is CC.CCC(C)(Cc1ccc2ccccc2c1)NCCN=O.c1cc(CN2CCCC2)ccn1. The van der Waals surface area contributed by atoms with Crippen LogP contribution in [0.1, 0.15) is 58.1 Å². The van der Waals surface area contributed by atoms with Crippen LogP contribution < -0.4 is 5.32 Å². The zero-order valence-electron chi connectivity index (χ0n) is 21.5. The lowest BCUT2D eigenvalue weighted by Crippen LogP contribution is -2.44. The van der Waals surface area contributed by atoms with Crippen LogP contribution in [0.4, 0.5) is 0 Å². The van der Waals surface area contributed by atoms with Crippen molar-refractivity contribution >= 4 is 10.8 Å². The summed E-state index contributed by atoms with van der Waals surface area (Å²) in [6, 6.07) is 19.2. The van der Waals surface area contributed by atoms with E-state index in [9.17, 15) is 4.91 Å². The Morgan fingerprint density at radius 2 is 1.65 bits per heavy atom. The molecular formula is C29H42N4O. The van der Waals surface area contributed by atoms with Crippen molar-refractivity contribution in [3.05, 3.63) is 83.0 Å². The molecule has 5 heteroatoms. The minimum Gasteiger partial charge on any atom is -0.309 e. The van der Waals surface area contributed by atoms with E-state index in [4.69, 9.17) is 0 Å². The first-order chi connectivity index (χ1) is 16.6. The van der Waals surface area contributed by atoms with Crippen molar-refractivity contribution in [1.82, 2.24) is 15.2 Å².